The zero-order chi connectivity index (χ0) is 14.0. The lowest BCUT2D eigenvalue weighted by Gasteiger charge is -2.17. The molecule has 0 saturated carbocycles. The molecule has 1 nitrogen and oxygen atoms in total. The zero-order valence-corrected chi connectivity index (χ0v) is 13.2. The quantitative estimate of drug-likeness (QED) is 0.873. The van der Waals surface area contributed by atoms with Crippen LogP contribution in [0.15, 0.2) is 40.9 Å². The van der Waals surface area contributed by atoms with Crippen LogP contribution in [0, 0.1) is 20.8 Å². The largest absolute Gasteiger partial charge is 0.388 e. The van der Waals surface area contributed by atoms with Crippen molar-refractivity contribution in [3.05, 3.63) is 68.7 Å². The Balaban J connectivity index is 2.31. The SMILES string of the molecule is Cc1ccc(Br)cc1C(O)Cc1c(C)cccc1C. The summed E-state index contributed by atoms with van der Waals surface area (Å²) >= 11 is 3.47. The third-order valence-corrected chi connectivity index (χ3v) is 4.14. The Morgan fingerprint density at radius 2 is 1.63 bits per heavy atom. The molecule has 0 aromatic heterocycles. The number of halogens is 1. The predicted molar refractivity (Wildman–Crippen MR) is 83.5 cm³/mol. The third-order valence-electron chi connectivity index (χ3n) is 3.64. The fourth-order valence-electron chi connectivity index (χ4n) is 2.44. The molecule has 19 heavy (non-hydrogen) atoms. The van der Waals surface area contributed by atoms with Crippen molar-refractivity contribution in [2.24, 2.45) is 0 Å². The molecule has 0 spiro atoms. The van der Waals surface area contributed by atoms with Gasteiger partial charge in [0.15, 0.2) is 0 Å². The number of hydrogen-bond acceptors (Lipinski definition) is 1. The second-order valence-corrected chi connectivity index (χ2v) is 6.01. The lowest BCUT2D eigenvalue weighted by atomic mass is 9.93. The molecule has 1 N–H and O–H groups in total. The number of aliphatic hydroxyl groups excluding tert-OH is 1. The van der Waals surface area contributed by atoms with E-state index >= 15 is 0 Å². The second kappa shape index (κ2) is 5.89. The van der Waals surface area contributed by atoms with E-state index in [-0.39, 0.29) is 0 Å². The highest BCUT2D eigenvalue weighted by molar-refractivity contribution is 9.10. The summed E-state index contributed by atoms with van der Waals surface area (Å²) in [4.78, 5) is 0. The highest BCUT2D eigenvalue weighted by Crippen LogP contribution is 2.27. The molecule has 2 aromatic rings. The standard InChI is InChI=1S/C17H19BrO/c1-11-5-4-6-12(2)15(11)10-17(19)16-9-14(18)8-7-13(16)3/h4-9,17,19H,10H2,1-3H3. The topological polar surface area (TPSA) is 20.2 Å². The average Bonchev–Trinajstić information content (AvgIpc) is 2.37. The summed E-state index contributed by atoms with van der Waals surface area (Å²) in [5.41, 5.74) is 5.85. The van der Waals surface area contributed by atoms with Crippen molar-refractivity contribution in [2.75, 3.05) is 0 Å². The molecule has 0 radical (unpaired) electrons. The maximum atomic E-state index is 10.5. The Bertz CT molecular complexity index is 570. The molecular weight excluding hydrogens is 300 g/mol. The minimum atomic E-state index is -0.461. The van der Waals surface area contributed by atoms with Crippen molar-refractivity contribution < 1.29 is 5.11 Å². The Kier molecular flexibility index (Phi) is 4.43. The Morgan fingerprint density at radius 3 is 2.26 bits per heavy atom. The normalized spacial score (nSPS) is 12.5. The van der Waals surface area contributed by atoms with E-state index in [0.717, 1.165) is 15.6 Å². The molecular formula is C17H19BrO. The van der Waals surface area contributed by atoms with Gasteiger partial charge in [-0.3, -0.25) is 0 Å². The maximum Gasteiger partial charge on any atom is 0.0833 e. The summed E-state index contributed by atoms with van der Waals surface area (Å²) in [6.45, 7) is 6.24. The molecule has 100 valence electrons. The molecule has 0 saturated heterocycles. The van der Waals surface area contributed by atoms with Crippen molar-refractivity contribution in [1.82, 2.24) is 0 Å². The van der Waals surface area contributed by atoms with Crippen molar-refractivity contribution in [2.45, 2.75) is 33.3 Å². The first-order valence-electron chi connectivity index (χ1n) is 6.48. The van der Waals surface area contributed by atoms with E-state index in [1.54, 1.807) is 0 Å². The van der Waals surface area contributed by atoms with E-state index in [1.807, 2.05) is 25.1 Å². The van der Waals surface area contributed by atoms with Gasteiger partial charge in [-0.25, -0.2) is 0 Å². The molecule has 0 aliphatic carbocycles. The van der Waals surface area contributed by atoms with Crippen molar-refractivity contribution in [3.63, 3.8) is 0 Å². The van der Waals surface area contributed by atoms with E-state index in [0.29, 0.717) is 6.42 Å². The average molecular weight is 319 g/mol. The van der Waals surface area contributed by atoms with Crippen LogP contribution in [0.3, 0.4) is 0 Å². The first kappa shape index (κ1) is 14.3. The van der Waals surface area contributed by atoms with Crippen LogP contribution in [0.25, 0.3) is 0 Å². The fraction of sp³-hybridized carbons (Fsp3) is 0.294. The number of hydrogen-bond donors (Lipinski definition) is 1. The van der Waals surface area contributed by atoms with Gasteiger partial charge in [-0.2, -0.15) is 0 Å². The fourth-order valence-corrected chi connectivity index (χ4v) is 2.82. The molecule has 0 amide bonds. The van der Waals surface area contributed by atoms with Gasteiger partial charge in [0.05, 0.1) is 6.10 Å². The van der Waals surface area contributed by atoms with Crippen molar-refractivity contribution in [3.8, 4) is 0 Å². The minimum Gasteiger partial charge on any atom is -0.388 e. The highest BCUT2D eigenvalue weighted by Gasteiger charge is 2.14. The van der Waals surface area contributed by atoms with Gasteiger partial charge in [0, 0.05) is 10.9 Å². The summed E-state index contributed by atoms with van der Waals surface area (Å²) in [5, 5.41) is 10.5. The number of benzene rings is 2. The number of rotatable bonds is 3. The molecule has 0 fully saturated rings. The van der Waals surface area contributed by atoms with Crippen LogP contribution in [-0.2, 0) is 6.42 Å². The molecule has 0 aliphatic heterocycles. The Hall–Kier alpha value is -1.12. The van der Waals surface area contributed by atoms with Gasteiger partial charge >= 0.3 is 0 Å². The van der Waals surface area contributed by atoms with Gasteiger partial charge in [0.25, 0.3) is 0 Å². The van der Waals surface area contributed by atoms with Gasteiger partial charge in [0.1, 0.15) is 0 Å². The van der Waals surface area contributed by atoms with Crippen LogP contribution in [0.4, 0.5) is 0 Å². The second-order valence-electron chi connectivity index (χ2n) is 5.09. The molecule has 2 rings (SSSR count). The zero-order valence-electron chi connectivity index (χ0n) is 11.6. The van der Waals surface area contributed by atoms with Crippen LogP contribution in [-0.4, -0.2) is 5.11 Å². The van der Waals surface area contributed by atoms with E-state index in [4.69, 9.17) is 0 Å². The first-order valence-corrected chi connectivity index (χ1v) is 7.27. The summed E-state index contributed by atoms with van der Waals surface area (Å²) < 4.78 is 1.01. The first-order chi connectivity index (χ1) is 8.99. The number of aryl methyl sites for hydroxylation is 3. The van der Waals surface area contributed by atoms with Crippen LogP contribution in [0.5, 0.6) is 0 Å². The monoisotopic (exact) mass is 318 g/mol. The van der Waals surface area contributed by atoms with Gasteiger partial charge < -0.3 is 5.11 Å². The van der Waals surface area contributed by atoms with Crippen LogP contribution in [0.1, 0.15) is 33.9 Å². The van der Waals surface area contributed by atoms with Crippen LogP contribution < -0.4 is 0 Å². The Labute approximate surface area is 123 Å². The summed E-state index contributed by atoms with van der Waals surface area (Å²) in [5.74, 6) is 0. The maximum absolute atomic E-state index is 10.5. The van der Waals surface area contributed by atoms with E-state index in [2.05, 4.69) is 48.0 Å². The van der Waals surface area contributed by atoms with Gasteiger partial charge in [-0.05, 0) is 60.7 Å². The summed E-state index contributed by atoms with van der Waals surface area (Å²) in [6, 6.07) is 12.3. The van der Waals surface area contributed by atoms with Crippen molar-refractivity contribution >= 4 is 15.9 Å². The molecule has 0 bridgehead atoms. The van der Waals surface area contributed by atoms with Crippen molar-refractivity contribution in [1.29, 1.82) is 0 Å². The number of aliphatic hydroxyl groups is 1. The Morgan fingerprint density at radius 1 is 1.00 bits per heavy atom. The van der Waals surface area contributed by atoms with Crippen LogP contribution >= 0.6 is 15.9 Å². The van der Waals surface area contributed by atoms with Gasteiger partial charge in [-0.15, -0.1) is 0 Å². The lowest BCUT2D eigenvalue weighted by molar-refractivity contribution is 0.177. The summed E-state index contributed by atoms with van der Waals surface area (Å²) in [6.07, 6.45) is 0.202. The van der Waals surface area contributed by atoms with E-state index < -0.39 is 6.10 Å². The van der Waals surface area contributed by atoms with E-state index in [1.165, 1.54) is 16.7 Å². The molecule has 2 aromatic carbocycles. The van der Waals surface area contributed by atoms with Crippen LogP contribution in [0.2, 0.25) is 0 Å². The molecule has 0 aliphatic rings. The van der Waals surface area contributed by atoms with Gasteiger partial charge in [-0.1, -0.05) is 40.2 Å². The van der Waals surface area contributed by atoms with E-state index in [9.17, 15) is 5.11 Å². The minimum absolute atomic E-state index is 0.461. The summed E-state index contributed by atoms with van der Waals surface area (Å²) in [7, 11) is 0. The lowest BCUT2D eigenvalue weighted by Crippen LogP contribution is -2.06. The highest BCUT2D eigenvalue weighted by atomic mass is 79.9. The molecule has 1 unspecified atom stereocenters. The third kappa shape index (κ3) is 3.26. The molecule has 2 heteroatoms. The molecule has 1 atom stereocenters. The smallest absolute Gasteiger partial charge is 0.0833 e. The predicted octanol–water partition coefficient (Wildman–Crippen LogP) is 4.65. The molecule has 0 heterocycles. The van der Waals surface area contributed by atoms with Gasteiger partial charge in [0.2, 0.25) is 0 Å².